The van der Waals surface area contributed by atoms with Crippen molar-refractivity contribution in [2.24, 2.45) is 0 Å². The fourth-order valence-electron chi connectivity index (χ4n) is 2.80. The number of hydrogen-bond acceptors (Lipinski definition) is 2. The average Bonchev–Trinajstić information content (AvgIpc) is 2.94. The Labute approximate surface area is 115 Å². The lowest BCUT2D eigenvalue weighted by atomic mass is 9.98. The van der Waals surface area contributed by atoms with Crippen molar-refractivity contribution in [3.63, 3.8) is 0 Å². The molecule has 0 fully saturated rings. The molecule has 98 valence electrons. The molecule has 20 heavy (non-hydrogen) atoms. The molecule has 1 aliphatic rings. The summed E-state index contributed by atoms with van der Waals surface area (Å²) in [5.74, 6) is 0.571. The van der Waals surface area contributed by atoms with E-state index in [1.54, 1.807) is 12.3 Å². The van der Waals surface area contributed by atoms with Gasteiger partial charge in [-0.15, -0.1) is 0 Å². The van der Waals surface area contributed by atoms with E-state index in [2.05, 4.69) is 4.98 Å². The summed E-state index contributed by atoms with van der Waals surface area (Å²) >= 11 is 0. The first kappa shape index (κ1) is 11.4. The van der Waals surface area contributed by atoms with E-state index in [0.29, 0.717) is 6.61 Å². The lowest BCUT2D eigenvalue weighted by Crippen LogP contribution is -1.91. The van der Waals surface area contributed by atoms with Gasteiger partial charge < -0.3 is 4.74 Å². The van der Waals surface area contributed by atoms with Gasteiger partial charge in [-0.25, -0.2) is 4.39 Å². The third-order valence-corrected chi connectivity index (χ3v) is 3.71. The van der Waals surface area contributed by atoms with E-state index < -0.39 is 0 Å². The summed E-state index contributed by atoms with van der Waals surface area (Å²) in [5.41, 5.74) is 2.65. The fourth-order valence-corrected chi connectivity index (χ4v) is 2.80. The first-order valence-corrected chi connectivity index (χ1v) is 6.61. The zero-order valence-electron chi connectivity index (χ0n) is 10.8. The molecule has 3 heteroatoms. The summed E-state index contributed by atoms with van der Waals surface area (Å²) in [4.78, 5) is 4.27. The van der Waals surface area contributed by atoms with Crippen molar-refractivity contribution in [1.29, 1.82) is 0 Å². The molecule has 4 rings (SSSR count). The molecule has 1 aliphatic heterocycles. The highest BCUT2D eigenvalue weighted by Gasteiger charge is 2.20. The topological polar surface area (TPSA) is 22.1 Å². The van der Waals surface area contributed by atoms with Gasteiger partial charge in [0.15, 0.2) is 0 Å². The zero-order chi connectivity index (χ0) is 13.5. The largest absolute Gasteiger partial charge is 0.492 e. The third-order valence-electron chi connectivity index (χ3n) is 3.71. The summed E-state index contributed by atoms with van der Waals surface area (Å²) in [5, 5.41) is 2.10. The van der Waals surface area contributed by atoms with Crippen LogP contribution in [-0.4, -0.2) is 11.6 Å². The molecule has 3 aromatic rings. The standard InChI is InChI=1S/C17H12FNO/c18-13-7-11-5-6-20-17(11)15(8-13)16-10-19-9-12-3-1-2-4-14(12)16/h1-4,7-10H,5-6H2. The zero-order valence-corrected chi connectivity index (χ0v) is 10.8. The number of ether oxygens (including phenoxy) is 1. The van der Waals surface area contributed by atoms with E-state index in [0.717, 1.165) is 39.6 Å². The van der Waals surface area contributed by atoms with Crippen LogP contribution in [0.3, 0.4) is 0 Å². The van der Waals surface area contributed by atoms with Gasteiger partial charge in [-0.05, 0) is 17.5 Å². The van der Waals surface area contributed by atoms with Crippen LogP contribution in [0, 0.1) is 5.82 Å². The first-order valence-electron chi connectivity index (χ1n) is 6.61. The second-order valence-corrected chi connectivity index (χ2v) is 4.95. The highest BCUT2D eigenvalue weighted by Crippen LogP contribution is 2.40. The van der Waals surface area contributed by atoms with E-state index >= 15 is 0 Å². The van der Waals surface area contributed by atoms with Crippen LogP contribution < -0.4 is 4.74 Å². The average molecular weight is 265 g/mol. The Bertz CT molecular complexity index is 808. The molecule has 0 radical (unpaired) electrons. The van der Waals surface area contributed by atoms with Crippen LogP contribution in [0.15, 0.2) is 48.8 Å². The number of fused-ring (bicyclic) bond motifs is 2. The van der Waals surface area contributed by atoms with E-state index in [4.69, 9.17) is 4.74 Å². The van der Waals surface area contributed by atoms with Crippen molar-refractivity contribution >= 4 is 10.8 Å². The molecule has 2 aromatic carbocycles. The van der Waals surface area contributed by atoms with Crippen LogP contribution >= 0.6 is 0 Å². The van der Waals surface area contributed by atoms with Gasteiger partial charge in [-0.3, -0.25) is 4.98 Å². The van der Waals surface area contributed by atoms with Gasteiger partial charge in [0, 0.05) is 40.9 Å². The second kappa shape index (κ2) is 4.30. The van der Waals surface area contributed by atoms with Crippen molar-refractivity contribution in [1.82, 2.24) is 4.98 Å². The van der Waals surface area contributed by atoms with E-state index in [1.807, 2.05) is 30.5 Å². The van der Waals surface area contributed by atoms with Gasteiger partial charge in [-0.1, -0.05) is 24.3 Å². The smallest absolute Gasteiger partial charge is 0.130 e. The number of rotatable bonds is 1. The molecular formula is C17H12FNO. The molecule has 0 aliphatic carbocycles. The van der Waals surface area contributed by atoms with Crippen molar-refractivity contribution < 1.29 is 9.13 Å². The minimum atomic E-state index is -0.225. The Kier molecular flexibility index (Phi) is 2.46. The Balaban J connectivity index is 2.05. The number of benzene rings is 2. The normalized spacial score (nSPS) is 13.2. The van der Waals surface area contributed by atoms with Gasteiger partial charge in [0.05, 0.1) is 6.61 Å². The molecule has 0 spiro atoms. The number of aromatic nitrogens is 1. The number of halogens is 1. The van der Waals surface area contributed by atoms with Crippen LogP contribution in [0.5, 0.6) is 5.75 Å². The van der Waals surface area contributed by atoms with Gasteiger partial charge in [0.2, 0.25) is 0 Å². The predicted molar refractivity (Wildman–Crippen MR) is 76.3 cm³/mol. The maximum Gasteiger partial charge on any atom is 0.130 e. The van der Waals surface area contributed by atoms with Gasteiger partial charge in [-0.2, -0.15) is 0 Å². The first-order chi connectivity index (χ1) is 9.83. The minimum Gasteiger partial charge on any atom is -0.492 e. The summed E-state index contributed by atoms with van der Waals surface area (Å²) in [6.07, 6.45) is 4.36. The van der Waals surface area contributed by atoms with Crippen molar-refractivity contribution in [2.75, 3.05) is 6.61 Å². The van der Waals surface area contributed by atoms with Crippen molar-refractivity contribution in [2.45, 2.75) is 6.42 Å². The summed E-state index contributed by atoms with van der Waals surface area (Å²) in [6, 6.07) is 11.1. The van der Waals surface area contributed by atoms with Crippen molar-refractivity contribution in [3.8, 4) is 16.9 Å². The molecule has 0 N–H and O–H groups in total. The van der Waals surface area contributed by atoms with E-state index in [9.17, 15) is 4.39 Å². The molecule has 2 heterocycles. The lowest BCUT2D eigenvalue weighted by Gasteiger charge is -2.11. The Morgan fingerprint density at radius 3 is 2.90 bits per heavy atom. The quantitative estimate of drug-likeness (QED) is 0.664. The molecule has 0 amide bonds. The molecule has 0 saturated carbocycles. The predicted octanol–water partition coefficient (Wildman–Crippen LogP) is 3.98. The van der Waals surface area contributed by atoms with Crippen molar-refractivity contribution in [3.05, 3.63) is 60.2 Å². The fraction of sp³-hybridized carbons (Fsp3) is 0.118. The van der Waals surface area contributed by atoms with Gasteiger partial charge >= 0.3 is 0 Å². The summed E-state index contributed by atoms with van der Waals surface area (Å²) in [6.45, 7) is 0.615. The molecular weight excluding hydrogens is 253 g/mol. The van der Waals surface area contributed by atoms with E-state index in [1.165, 1.54) is 6.07 Å². The Morgan fingerprint density at radius 1 is 1.05 bits per heavy atom. The van der Waals surface area contributed by atoms with Crippen LogP contribution in [-0.2, 0) is 6.42 Å². The summed E-state index contributed by atoms with van der Waals surface area (Å²) in [7, 11) is 0. The highest BCUT2D eigenvalue weighted by molar-refractivity contribution is 5.97. The monoisotopic (exact) mass is 265 g/mol. The molecule has 0 atom stereocenters. The van der Waals surface area contributed by atoms with Crippen LogP contribution in [0.1, 0.15) is 5.56 Å². The minimum absolute atomic E-state index is 0.225. The van der Waals surface area contributed by atoms with E-state index in [-0.39, 0.29) is 5.82 Å². The van der Waals surface area contributed by atoms with Gasteiger partial charge in [0.25, 0.3) is 0 Å². The summed E-state index contributed by atoms with van der Waals surface area (Å²) < 4.78 is 19.5. The van der Waals surface area contributed by atoms with Crippen LogP contribution in [0.2, 0.25) is 0 Å². The molecule has 0 bridgehead atoms. The lowest BCUT2D eigenvalue weighted by molar-refractivity contribution is 0.358. The third kappa shape index (κ3) is 1.67. The maximum absolute atomic E-state index is 13.8. The second-order valence-electron chi connectivity index (χ2n) is 4.95. The molecule has 0 unspecified atom stereocenters. The Morgan fingerprint density at radius 2 is 1.95 bits per heavy atom. The van der Waals surface area contributed by atoms with Gasteiger partial charge in [0.1, 0.15) is 11.6 Å². The SMILES string of the molecule is Fc1cc2c(c(-c3cncc4ccccc34)c1)OCC2. The maximum atomic E-state index is 13.8. The molecule has 0 saturated heterocycles. The molecule has 1 aromatic heterocycles. The number of pyridine rings is 1. The molecule has 2 nitrogen and oxygen atoms in total. The van der Waals surface area contributed by atoms with Crippen LogP contribution in [0.25, 0.3) is 21.9 Å². The highest BCUT2D eigenvalue weighted by atomic mass is 19.1. The Hall–Kier alpha value is -2.42. The number of nitrogens with zero attached hydrogens (tertiary/aromatic N) is 1. The van der Waals surface area contributed by atoms with Crippen LogP contribution in [0.4, 0.5) is 4.39 Å². The number of hydrogen-bond donors (Lipinski definition) is 0.